The number of carbonyl (C=O) groups is 2. The van der Waals surface area contributed by atoms with Gasteiger partial charge in [-0.2, -0.15) is 5.10 Å². The van der Waals surface area contributed by atoms with Crippen LogP contribution in [-0.2, 0) is 7.05 Å². The van der Waals surface area contributed by atoms with Crippen LogP contribution in [0.1, 0.15) is 39.9 Å². The maximum Gasteiger partial charge on any atom is 0.271 e. The Bertz CT molecular complexity index is 619. The van der Waals surface area contributed by atoms with E-state index in [1.54, 1.807) is 19.2 Å². The maximum absolute atomic E-state index is 12.0. The standard InChI is InChI=1S/C14H18N4O2S/c1-3-4-7-15-13(19)10-9-12(18(2)17-10)16-14(20)11-6-5-8-21-11/h5-6,8-9H,3-4,7H2,1-2H3,(H,15,19)(H,16,20). The number of unbranched alkanes of at least 4 members (excludes halogenated alkanes) is 1. The van der Waals surface area contributed by atoms with Gasteiger partial charge in [0.25, 0.3) is 11.8 Å². The maximum atomic E-state index is 12.0. The van der Waals surface area contributed by atoms with Gasteiger partial charge in [0.05, 0.1) is 4.88 Å². The number of anilines is 1. The summed E-state index contributed by atoms with van der Waals surface area (Å²) in [4.78, 5) is 24.5. The zero-order chi connectivity index (χ0) is 15.2. The predicted octanol–water partition coefficient (Wildman–Crippen LogP) is 2.26. The molecular weight excluding hydrogens is 288 g/mol. The van der Waals surface area contributed by atoms with Gasteiger partial charge in [0.2, 0.25) is 0 Å². The summed E-state index contributed by atoms with van der Waals surface area (Å²) in [6.45, 7) is 2.69. The molecule has 0 saturated carbocycles. The van der Waals surface area contributed by atoms with Crippen molar-refractivity contribution in [2.45, 2.75) is 19.8 Å². The molecule has 0 radical (unpaired) electrons. The van der Waals surface area contributed by atoms with Crippen molar-refractivity contribution in [3.63, 3.8) is 0 Å². The lowest BCUT2D eigenvalue weighted by Crippen LogP contribution is -2.24. The number of carbonyl (C=O) groups excluding carboxylic acids is 2. The first-order valence-electron chi connectivity index (χ1n) is 6.79. The number of nitrogens with zero attached hydrogens (tertiary/aromatic N) is 2. The molecule has 2 heterocycles. The summed E-state index contributed by atoms with van der Waals surface area (Å²) in [5.41, 5.74) is 0.301. The minimum Gasteiger partial charge on any atom is -0.351 e. The highest BCUT2D eigenvalue weighted by Crippen LogP contribution is 2.14. The van der Waals surface area contributed by atoms with E-state index in [1.807, 2.05) is 11.4 Å². The Hall–Kier alpha value is -2.15. The van der Waals surface area contributed by atoms with E-state index >= 15 is 0 Å². The van der Waals surface area contributed by atoms with E-state index in [4.69, 9.17) is 0 Å². The molecule has 2 aromatic heterocycles. The first kappa shape index (κ1) is 15.2. The third kappa shape index (κ3) is 3.91. The van der Waals surface area contributed by atoms with Gasteiger partial charge in [-0.15, -0.1) is 11.3 Å². The molecule has 0 aliphatic carbocycles. The number of amides is 2. The van der Waals surface area contributed by atoms with Crippen LogP contribution in [0.3, 0.4) is 0 Å². The van der Waals surface area contributed by atoms with Crippen LogP contribution in [0.4, 0.5) is 5.82 Å². The molecule has 21 heavy (non-hydrogen) atoms. The van der Waals surface area contributed by atoms with Gasteiger partial charge in [-0.3, -0.25) is 14.3 Å². The summed E-state index contributed by atoms with van der Waals surface area (Å²) in [6.07, 6.45) is 1.95. The number of hydrogen-bond donors (Lipinski definition) is 2. The first-order valence-corrected chi connectivity index (χ1v) is 7.67. The molecule has 0 saturated heterocycles. The average Bonchev–Trinajstić information content (AvgIpc) is 3.09. The number of aryl methyl sites for hydroxylation is 1. The van der Waals surface area contributed by atoms with Gasteiger partial charge in [0.15, 0.2) is 5.69 Å². The molecule has 2 rings (SSSR count). The Morgan fingerprint density at radius 3 is 2.86 bits per heavy atom. The van der Waals surface area contributed by atoms with Crippen molar-refractivity contribution in [3.05, 3.63) is 34.2 Å². The second kappa shape index (κ2) is 7.03. The second-order valence-corrected chi connectivity index (χ2v) is 5.53. The number of rotatable bonds is 6. The Morgan fingerprint density at radius 2 is 2.19 bits per heavy atom. The van der Waals surface area contributed by atoms with Crippen LogP contribution in [-0.4, -0.2) is 28.1 Å². The van der Waals surface area contributed by atoms with Crippen molar-refractivity contribution in [1.82, 2.24) is 15.1 Å². The summed E-state index contributed by atoms with van der Waals surface area (Å²) in [5, 5.41) is 11.5. The fourth-order valence-electron chi connectivity index (χ4n) is 1.75. The molecule has 0 unspecified atom stereocenters. The summed E-state index contributed by atoms with van der Waals surface area (Å²) in [6, 6.07) is 5.14. The van der Waals surface area contributed by atoms with E-state index in [0.717, 1.165) is 12.8 Å². The van der Waals surface area contributed by atoms with Crippen LogP contribution in [0.5, 0.6) is 0 Å². The Kier molecular flexibility index (Phi) is 5.10. The molecule has 0 aromatic carbocycles. The second-order valence-electron chi connectivity index (χ2n) is 4.58. The van der Waals surface area contributed by atoms with Crippen LogP contribution in [0.25, 0.3) is 0 Å². The normalized spacial score (nSPS) is 10.4. The minimum absolute atomic E-state index is 0.203. The molecule has 7 heteroatoms. The van der Waals surface area contributed by atoms with Gasteiger partial charge in [-0.1, -0.05) is 19.4 Å². The van der Waals surface area contributed by atoms with Gasteiger partial charge in [0.1, 0.15) is 5.82 Å². The quantitative estimate of drug-likeness (QED) is 0.804. The molecule has 112 valence electrons. The first-order chi connectivity index (χ1) is 10.1. The van der Waals surface area contributed by atoms with Crippen LogP contribution >= 0.6 is 11.3 Å². The Balaban J connectivity index is 2.02. The summed E-state index contributed by atoms with van der Waals surface area (Å²) in [7, 11) is 1.69. The van der Waals surface area contributed by atoms with Gasteiger partial charge in [-0.05, 0) is 17.9 Å². The smallest absolute Gasteiger partial charge is 0.271 e. The Labute approximate surface area is 127 Å². The molecule has 6 nitrogen and oxygen atoms in total. The molecule has 0 bridgehead atoms. The van der Waals surface area contributed by atoms with Crippen LogP contribution in [0.15, 0.2) is 23.6 Å². The largest absolute Gasteiger partial charge is 0.351 e. The lowest BCUT2D eigenvalue weighted by atomic mass is 10.3. The lowest BCUT2D eigenvalue weighted by molar-refractivity contribution is 0.0946. The molecule has 0 aliphatic rings. The van der Waals surface area contributed by atoms with E-state index in [2.05, 4.69) is 22.7 Å². The van der Waals surface area contributed by atoms with E-state index in [0.29, 0.717) is 22.9 Å². The van der Waals surface area contributed by atoms with Crippen molar-refractivity contribution < 1.29 is 9.59 Å². The van der Waals surface area contributed by atoms with Crippen molar-refractivity contribution in [3.8, 4) is 0 Å². The zero-order valence-electron chi connectivity index (χ0n) is 12.0. The van der Waals surface area contributed by atoms with Gasteiger partial charge >= 0.3 is 0 Å². The van der Waals surface area contributed by atoms with Crippen molar-refractivity contribution in [1.29, 1.82) is 0 Å². The van der Waals surface area contributed by atoms with Crippen LogP contribution < -0.4 is 10.6 Å². The fraction of sp³-hybridized carbons (Fsp3) is 0.357. The fourth-order valence-corrected chi connectivity index (χ4v) is 2.37. The minimum atomic E-state index is -0.226. The molecular formula is C14H18N4O2S. The monoisotopic (exact) mass is 306 g/mol. The summed E-state index contributed by atoms with van der Waals surface area (Å²) < 4.78 is 1.49. The molecule has 0 fully saturated rings. The zero-order valence-corrected chi connectivity index (χ0v) is 12.9. The molecule has 2 aromatic rings. The highest BCUT2D eigenvalue weighted by molar-refractivity contribution is 7.12. The molecule has 0 aliphatic heterocycles. The van der Waals surface area contributed by atoms with E-state index in [1.165, 1.54) is 16.0 Å². The predicted molar refractivity (Wildman–Crippen MR) is 82.7 cm³/mol. The molecule has 2 N–H and O–H groups in total. The third-order valence-corrected chi connectivity index (χ3v) is 3.78. The lowest BCUT2D eigenvalue weighted by Gasteiger charge is -2.02. The van der Waals surface area contributed by atoms with Crippen molar-refractivity contribution >= 4 is 29.0 Å². The molecule has 2 amide bonds. The number of nitrogens with one attached hydrogen (secondary N) is 2. The number of thiophene rings is 1. The number of hydrogen-bond acceptors (Lipinski definition) is 4. The van der Waals surface area contributed by atoms with Gasteiger partial charge in [-0.25, -0.2) is 0 Å². The topological polar surface area (TPSA) is 76.0 Å². The third-order valence-electron chi connectivity index (χ3n) is 2.91. The SMILES string of the molecule is CCCCNC(=O)c1cc(NC(=O)c2cccs2)n(C)n1. The van der Waals surface area contributed by atoms with E-state index < -0.39 is 0 Å². The van der Waals surface area contributed by atoms with Crippen molar-refractivity contribution in [2.75, 3.05) is 11.9 Å². The van der Waals surface area contributed by atoms with E-state index in [-0.39, 0.29) is 11.8 Å². The number of aromatic nitrogens is 2. The van der Waals surface area contributed by atoms with E-state index in [9.17, 15) is 9.59 Å². The van der Waals surface area contributed by atoms with Crippen LogP contribution in [0, 0.1) is 0 Å². The highest BCUT2D eigenvalue weighted by Gasteiger charge is 2.15. The van der Waals surface area contributed by atoms with Crippen LogP contribution in [0.2, 0.25) is 0 Å². The molecule has 0 atom stereocenters. The Morgan fingerprint density at radius 1 is 1.38 bits per heavy atom. The van der Waals surface area contributed by atoms with Gasteiger partial charge in [0, 0.05) is 19.7 Å². The molecule has 0 spiro atoms. The summed E-state index contributed by atoms with van der Waals surface area (Å²) >= 11 is 1.36. The van der Waals surface area contributed by atoms with Gasteiger partial charge < -0.3 is 10.6 Å². The summed E-state index contributed by atoms with van der Waals surface area (Å²) in [5.74, 6) is 0.0654. The average molecular weight is 306 g/mol. The van der Waals surface area contributed by atoms with Crippen molar-refractivity contribution in [2.24, 2.45) is 7.05 Å². The highest BCUT2D eigenvalue weighted by atomic mass is 32.1.